The van der Waals surface area contributed by atoms with Crippen LogP contribution in [0.1, 0.15) is 27.7 Å². The maximum absolute atomic E-state index is 11.8. The summed E-state index contributed by atoms with van der Waals surface area (Å²) in [5.74, 6) is -0.397. The highest BCUT2D eigenvalue weighted by Crippen LogP contribution is 2.32. The average Bonchev–Trinajstić information content (AvgIpc) is 2.72. The SMILES string of the molecule is CNC(=O)c1ccc(NC(c2cccc(Cl)c2)c2ccccn2)c([N+](=O)[O-])c1. The Morgan fingerprint density at radius 1 is 1.14 bits per heavy atom. The van der Waals surface area contributed by atoms with Gasteiger partial charge in [0.25, 0.3) is 11.6 Å². The van der Waals surface area contributed by atoms with E-state index in [1.807, 2.05) is 18.2 Å². The minimum Gasteiger partial charge on any atom is -0.367 e. The second-order valence-electron chi connectivity index (χ2n) is 5.96. The Morgan fingerprint density at radius 3 is 2.61 bits per heavy atom. The molecule has 1 amide bonds. The van der Waals surface area contributed by atoms with Crippen LogP contribution in [0.3, 0.4) is 0 Å². The number of hydrogen-bond donors (Lipinski definition) is 2. The molecule has 7 nitrogen and oxygen atoms in total. The van der Waals surface area contributed by atoms with E-state index in [-0.39, 0.29) is 16.9 Å². The first-order valence-electron chi connectivity index (χ1n) is 8.43. The molecule has 3 aromatic rings. The molecular weight excluding hydrogens is 380 g/mol. The minimum absolute atomic E-state index is 0.205. The van der Waals surface area contributed by atoms with Gasteiger partial charge in [0.15, 0.2) is 0 Å². The van der Waals surface area contributed by atoms with Crippen LogP contribution in [0.5, 0.6) is 0 Å². The lowest BCUT2D eigenvalue weighted by molar-refractivity contribution is -0.384. The number of nitrogens with zero attached hydrogens (tertiary/aromatic N) is 2. The summed E-state index contributed by atoms with van der Waals surface area (Å²) in [6.07, 6.45) is 1.65. The topological polar surface area (TPSA) is 97.2 Å². The van der Waals surface area contributed by atoms with Gasteiger partial charge in [0.05, 0.1) is 16.7 Å². The van der Waals surface area contributed by atoms with Gasteiger partial charge in [-0.25, -0.2) is 0 Å². The number of halogens is 1. The van der Waals surface area contributed by atoms with Gasteiger partial charge in [-0.3, -0.25) is 19.9 Å². The van der Waals surface area contributed by atoms with E-state index in [0.717, 1.165) is 5.56 Å². The second-order valence-corrected chi connectivity index (χ2v) is 6.39. The Kier molecular flexibility index (Phi) is 5.86. The molecule has 28 heavy (non-hydrogen) atoms. The molecule has 1 aromatic heterocycles. The Bertz CT molecular complexity index is 1010. The van der Waals surface area contributed by atoms with Crippen LogP contribution in [-0.2, 0) is 0 Å². The summed E-state index contributed by atoms with van der Waals surface area (Å²) < 4.78 is 0. The van der Waals surface area contributed by atoms with Crippen LogP contribution in [0.2, 0.25) is 5.02 Å². The highest BCUT2D eigenvalue weighted by atomic mass is 35.5. The zero-order valence-electron chi connectivity index (χ0n) is 14.9. The number of nitro groups is 1. The molecule has 0 saturated heterocycles. The lowest BCUT2D eigenvalue weighted by atomic mass is 10.0. The first kappa shape index (κ1) is 19.3. The minimum atomic E-state index is -0.526. The number of nitro benzene ring substituents is 1. The molecule has 0 aliphatic heterocycles. The molecule has 1 unspecified atom stereocenters. The van der Waals surface area contributed by atoms with Crippen molar-refractivity contribution in [2.75, 3.05) is 12.4 Å². The van der Waals surface area contributed by atoms with Crippen LogP contribution in [0.25, 0.3) is 0 Å². The molecule has 0 saturated carbocycles. The maximum Gasteiger partial charge on any atom is 0.293 e. The monoisotopic (exact) mass is 396 g/mol. The summed E-state index contributed by atoms with van der Waals surface area (Å²) in [6.45, 7) is 0. The molecule has 2 aromatic carbocycles. The number of carbonyl (C=O) groups is 1. The van der Waals surface area contributed by atoms with E-state index < -0.39 is 16.9 Å². The van der Waals surface area contributed by atoms with E-state index in [1.165, 1.54) is 25.2 Å². The predicted octanol–water partition coefficient (Wildman–Crippen LogP) is 4.20. The average molecular weight is 397 g/mol. The lowest BCUT2D eigenvalue weighted by Gasteiger charge is -2.20. The van der Waals surface area contributed by atoms with Gasteiger partial charge in [-0.2, -0.15) is 0 Å². The van der Waals surface area contributed by atoms with Gasteiger partial charge < -0.3 is 10.6 Å². The summed E-state index contributed by atoms with van der Waals surface area (Å²) >= 11 is 6.13. The summed E-state index contributed by atoms with van der Waals surface area (Å²) in [6, 6.07) is 16.5. The van der Waals surface area contributed by atoms with Crippen LogP contribution in [0.15, 0.2) is 66.9 Å². The number of amides is 1. The number of aromatic nitrogens is 1. The van der Waals surface area contributed by atoms with Crippen molar-refractivity contribution in [1.29, 1.82) is 0 Å². The number of benzene rings is 2. The predicted molar refractivity (Wildman–Crippen MR) is 108 cm³/mol. The van der Waals surface area contributed by atoms with Crippen molar-refractivity contribution in [2.45, 2.75) is 6.04 Å². The number of rotatable bonds is 6. The van der Waals surface area contributed by atoms with E-state index in [0.29, 0.717) is 10.7 Å². The van der Waals surface area contributed by atoms with Gasteiger partial charge in [0.1, 0.15) is 5.69 Å². The number of carbonyl (C=O) groups excluding carboxylic acids is 1. The van der Waals surface area contributed by atoms with Crippen LogP contribution in [0, 0.1) is 10.1 Å². The normalized spacial score (nSPS) is 11.5. The van der Waals surface area contributed by atoms with Crippen LogP contribution < -0.4 is 10.6 Å². The van der Waals surface area contributed by atoms with Crippen LogP contribution >= 0.6 is 11.6 Å². The van der Waals surface area contributed by atoms with Crippen molar-refractivity contribution < 1.29 is 9.72 Å². The molecule has 0 aliphatic carbocycles. The third kappa shape index (κ3) is 4.27. The Balaban J connectivity index is 2.06. The van der Waals surface area contributed by atoms with Crippen molar-refractivity contribution in [2.24, 2.45) is 0 Å². The highest BCUT2D eigenvalue weighted by Gasteiger charge is 2.22. The van der Waals surface area contributed by atoms with Crippen molar-refractivity contribution in [3.8, 4) is 0 Å². The van der Waals surface area contributed by atoms with E-state index in [2.05, 4.69) is 15.6 Å². The number of pyridine rings is 1. The van der Waals surface area contributed by atoms with Crippen molar-refractivity contribution in [3.63, 3.8) is 0 Å². The maximum atomic E-state index is 11.8. The molecule has 2 N–H and O–H groups in total. The van der Waals surface area contributed by atoms with Gasteiger partial charge in [0.2, 0.25) is 0 Å². The Hall–Kier alpha value is -3.45. The van der Waals surface area contributed by atoms with Crippen molar-refractivity contribution in [1.82, 2.24) is 10.3 Å². The summed E-state index contributed by atoms with van der Waals surface area (Å²) in [5, 5.41) is 17.8. The van der Waals surface area contributed by atoms with Crippen LogP contribution in [0.4, 0.5) is 11.4 Å². The first-order chi connectivity index (χ1) is 13.5. The van der Waals surface area contributed by atoms with Crippen LogP contribution in [-0.4, -0.2) is 22.9 Å². The fraction of sp³-hybridized carbons (Fsp3) is 0.100. The Morgan fingerprint density at radius 2 is 1.96 bits per heavy atom. The van der Waals surface area contributed by atoms with Gasteiger partial charge in [-0.05, 0) is 42.0 Å². The molecule has 1 heterocycles. The van der Waals surface area contributed by atoms with Gasteiger partial charge in [0, 0.05) is 29.9 Å². The third-order valence-electron chi connectivity index (χ3n) is 4.15. The molecule has 8 heteroatoms. The summed E-state index contributed by atoms with van der Waals surface area (Å²) in [7, 11) is 1.47. The van der Waals surface area contributed by atoms with E-state index in [4.69, 9.17) is 11.6 Å². The third-order valence-corrected chi connectivity index (χ3v) is 4.38. The standard InChI is InChI=1S/C20H17ClN4O3/c1-22-20(26)14-8-9-16(18(12-14)25(27)28)24-19(17-7-2-3-10-23-17)13-5-4-6-15(21)11-13/h2-12,19,24H,1H3,(H,22,26). The van der Waals surface area contributed by atoms with Crippen molar-refractivity contribution in [3.05, 3.63) is 98.8 Å². The van der Waals surface area contributed by atoms with E-state index in [9.17, 15) is 14.9 Å². The summed E-state index contributed by atoms with van der Waals surface area (Å²) in [5.41, 5.74) is 1.75. The van der Waals surface area contributed by atoms with Gasteiger partial charge >= 0.3 is 0 Å². The zero-order valence-corrected chi connectivity index (χ0v) is 15.7. The molecule has 0 spiro atoms. The zero-order chi connectivity index (χ0) is 20.1. The molecule has 1 atom stereocenters. The number of hydrogen-bond acceptors (Lipinski definition) is 5. The largest absolute Gasteiger partial charge is 0.367 e. The number of nitrogens with one attached hydrogen (secondary N) is 2. The van der Waals surface area contributed by atoms with Gasteiger partial charge in [-0.15, -0.1) is 0 Å². The van der Waals surface area contributed by atoms with Crippen molar-refractivity contribution >= 4 is 28.9 Å². The fourth-order valence-electron chi connectivity index (χ4n) is 2.81. The quantitative estimate of drug-likeness (QED) is 0.480. The lowest BCUT2D eigenvalue weighted by Crippen LogP contribution is -2.19. The fourth-order valence-corrected chi connectivity index (χ4v) is 3.01. The smallest absolute Gasteiger partial charge is 0.293 e. The molecule has 3 rings (SSSR count). The molecule has 0 radical (unpaired) electrons. The molecular formula is C20H17ClN4O3. The first-order valence-corrected chi connectivity index (χ1v) is 8.81. The Labute approximate surface area is 166 Å². The second kappa shape index (κ2) is 8.49. The molecule has 0 bridgehead atoms. The van der Waals surface area contributed by atoms with E-state index >= 15 is 0 Å². The molecule has 142 valence electrons. The summed E-state index contributed by atoms with van der Waals surface area (Å²) in [4.78, 5) is 27.3. The van der Waals surface area contributed by atoms with Gasteiger partial charge in [-0.1, -0.05) is 29.8 Å². The highest BCUT2D eigenvalue weighted by molar-refractivity contribution is 6.30. The number of anilines is 1. The molecule has 0 fully saturated rings. The van der Waals surface area contributed by atoms with E-state index in [1.54, 1.807) is 30.5 Å². The molecule has 0 aliphatic rings.